The summed E-state index contributed by atoms with van der Waals surface area (Å²) in [6.45, 7) is 13.4. The first-order valence-corrected chi connectivity index (χ1v) is 9.40. The number of ketones is 1. The van der Waals surface area contributed by atoms with Crippen LogP contribution in [0.15, 0.2) is 36.5 Å². The van der Waals surface area contributed by atoms with Gasteiger partial charge in [-0.25, -0.2) is 0 Å². The second kappa shape index (κ2) is 7.34. The van der Waals surface area contributed by atoms with Gasteiger partial charge in [0.15, 0.2) is 11.6 Å². The smallest absolute Gasteiger partial charge is 0.311 e. The van der Waals surface area contributed by atoms with Crippen molar-refractivity contribution in [1.82, 2.24) is 0 Å². The predicted molar refractivity (Wildman–Crippen MR) is 98.6 cm³/mol. The van der Waals surface area contributed by atoms with Crippen LogP contribution in [0.5, 0.6) is 0 Å². The average Bonchev–Trinajstić information content (AvgIpc) is 3.33. The normalized spacial score (nSPS) is 41.9. The average molecular weight is 376 g/mol. The maximum absolute atomic E-state index is 12.6. The molecule has 0 amide bonds. The minimum absolute atomic E-state index is 0.102. The number of aliphatic hydroxyl groups is 1. The van der Waals surface area contributed by atoms with Crippen molar-refractivity contribution in [3.63, 3.8) is 0 Å². The summed E-state index contributed by atoms with van der Waals surface area (Å²) < 4.78 is 17.1. The third-order valence-electron chi connectivity index (χ3n) is 5.91. The highest BCUT2D eigenvalue weighted by Crippen LogP contribution is 2.44. The number of carbonyl (C=O) groups is 2. The van der Waals surface area contributed by atoms with E-state index in [0.717, 1.165) is 11.1 Å². The van der Waals surface area contributed by atoms with Gasteiger partial charge in [0.05, 0.1) is 12.2 Å². The lowest BCUT2D eigenvalue weighted by atomic mass is 9.83. The van der Waals surface area contributed by atoms with Crippen LogP contribution in [-0.4, -0.2) is 47.1 Å². The molecule has 2 saturated heterocycles. The van der Waals surface area contributed by atoms with Crippen molar-refractivity contribution in [2.45, 2.75) is 70.2 Å². The van der Waals surface area contributed by atoms with Crippen LogP contribution in [0.25, 0.3) is 0 Å². The van der Waals surface area contributed by atoms with Gasteiger partial charge in [0.25, 0.3) is 0 Å². The molecule has 0 aromatic heterocycles. The summed E-state index contributed by atoms with van der Waals surface area (Å²) in [6, 6.07) is 0. The van der Waals surface area contributed by atoms with E-state index in [1.807, 2.05) is 13.8 Å². The predicted octanol–water partition coefficient (Wildman–Crippen LogP) is 2.47. The minimum Gasteiger partial charge on any atom is -0.457 e. The Morgan fingerprint density at radius 1 is 1.33 bits per heavy atom. The Kier molecular flexibility index (Phi) is 5.43. The van der Waals surface area contributed by atoms with Crippen LogP contribution in [0.3, 0.4) is 0 Å². The monoisotopic (exact) mass is 376 g/mol. The number of rotatable bonds is 2. The molecule has 1 unspecified atom stereocenters. The minimum atomic E-state index is -1.70. The van der Waals surface area contributed by atoms with Crippen LogP contribution in [0.2, 0.25) is 0 Å². The number of allylic oxidation sites excluding steroid dienone is 1. The van der Waals surface area contributed by atoms with Crippen molar-refractivity contribution in [3.8, 4) is 0 Å². The third-order valence-corrected chi connectivity index (χ3v) is 5.91. The van der Waals surface area contributed by atoms with Crippen LogP contribution in [-0.2, 0) is 23.8 Å². The third kappa shape index (κ3) is 4.23. The summed E-state index contributed by atoms with van der Waals surface area (Å²) in [5.74, 6) is -2.99. The van der Waals surface area contributed by atoms with Gasteiger partial charge < -0.3 is 19.3 Å². The van der Waals surface area contributed by atoms with Gasteiger partial charge >= 0.3 is 5.97 Å². The highest BCUT2D eigenvalue weighted by Gasteiger charge is 2.54. The van der Waals surface area contributed by atoms with E-state index >= 15 is 0 Å². The molecule has 0 aliphatic carbocycles. The maximum atomic E-state index is 12.6. The Labute approximate surface area is 159 Å². The van der Waals surface area contributed by atoms with E-state index in [9.17, 15) is 14.7 Å². The number of epoxide rings is 1. The molecule has 3 rings (SSSR count). The molecule has 7 atom stereocenters. The summed E-state index contributed by atoms with van der Waals surface area (Å²) in [5, 5.41) is 11.0. The number of fused-ring (bicyclic) bond motifs is 4. The van der Waals surface area contributed by atoms with Crippen molar-refractivity contribution in [2.75, 3.05) is 0 Å². The zero-order chi connectivity index (χ0) is 19.9. The lowest BCUT2D eigenvalue weighted by molar-refractivity contribution is -0.271. The highest BCUT2D eigenvalue weighted by atomic mass is 16.7. The summed E-state index contributed by atoms with van der Waals surface area (Å²) in [7, 11) is 0. The first-order chi connectivity index (χ1) is 12.6. The quantitative estimate of drug-likeness (QED) is 0.453. The molecule has 3 heterocycles. The van der Waals surface area contributed by atoms with Crippen LogP contribution in [0, 0.1) is 11.8 Å². The lowest BCUT2D eigenvalue weighted by Crippen LogP contribution is -2.51. The van der Waals surface area contributed by atoms with Crippen LogP contribution >= 0.6 is 0 Å². The standard InChI is InChI=1S/C21H28O6/c1-11(2)13(4)16-7-6-15(22)9-17-20(26-17)18-8-12(3)14(5)21(24,27-18)10-19(23)25-16/h6-7,13-14,16-18,20,24H,1,3,8-10H2,2,4-5H3/b7-6+/t13-,14?,16+,17+,18+,20-,21+/m0/s1. The van der Waals surface area contributed by atoms with Gasteiger partial charge in [-0.05, 0) is 25.5 Å². The topological polar surface area (TPSA) is 85.4 Å². The van der Waals surface area contributed by atoms with Gasteiger partial charge in [0.1, 0.15) is 18.6 Å². The summed E-state index contributed by atoms with van der Waals surface area (Å²) in [6.07, 6.45) is 1.87. The maximum Gasteiger partial charge on any atom is 0.311 e. The highest BCUT2D eigenvalue weighted by molar-refractivity contribution is 5.90. The molecule has 0 aromatic carbocycles. The molecule has 6 heteroatoms. The molecule has 0 saturated carbocycles. The second-order valence-electron chi connectivity index (χ2n) is 8.02. The zero-order valence-electron chi connectivity index (χ0n) is 16.1. The van der Waals surface area contributed by atoms with Crippen LogP contribution in [0.4, 0.5) is 0 Å². The van der Waals surface area contributed by atoms with E-state index in [4.69, 9.17) is 14.2 Å². The molecule has 0 radical (unpaired) electrons. The van der Waals surface area contributed by atoms with Crippen molar-refractivity contribution in [2.24, 2.45) is 11.8 Å². The molecule has 1 N–H and O–H groups in total. The Morgan fingerprint density at radius 2 is 2.04 bits per heavy atom. The number of esters is 1. The van der Waals surface area contributed by atoms with Crippen LogP contribution in [0.1, 0.15) is 40.0 Å². The van der Waals surface area contributed by atoms with E-state index in [2.05, 4.69) is 13.2 Å². The molecule has 0 spiro atoms. The van der Waals surface area contributed by atoms with Crippen LogP contribution < -0.4 is 0 Å². The summed E-state index contributed by atoms with van der Waals surface area (Å²) >= 11 is 0. The van der Waals surface area contributed by atoms with Gasteiger partial charge in [0.2, 0.25) is 0 Å². The molecule has 2 bridgehead atoms. The Bertz CT molecular complexity index is 695. The number of carbonyl (C=O) groups excluding carboxylic acids is 2. The summed E-state index contributed by atoms with van der Waals surface area (Å²) in [4.78, 5) is 24.8. The van der Waals surface area contributed by atoms with Gasteiger partial charge in [-0.2, -0.15) is 0 Å². The molecule has 3 aliphatic rings. The van der Waals surface area contributed by atoms with Crippen molar-refractivity contribution in [3.05, 3.63) is 36.5 Å². The molecular weight excluding hydrogens is 348 g/mol. The van der Waals surface area contributed by atoms with Crippen molar-refractivity contribution >= 4 is 11.8 Å². The van der Waals surface area contributed by atoms with E-state index in [1.54, 1.807) is 13.0 Å². The van der Waals surface area contributed by atoms with Crippen molar-refractivity contribution in [1.29, 1.82) is 0 Å². The SMILES string of the molecule is C=C1C[C@H]2O[C@](O)(CC(=O)O[C@@H]([C@@H](C)C(=C)C)/C=C/C(=O)C[C@H]3O[C@@H]32)C1C. The first-order valence-electron chi connectivity index (χ1n) is 9.40. The van der Waals surface area contributed by atoms with Gasteiger partial charge in [0, 0.05) is 18.3 Å². The largest absolute Gasteiger partial charge is 0.457 e. The second-order valence-corrected chi connectivity index (χ2v) is 8.02. The Balaban J connectivity index is 1.89. The molecule has 2 fully saturated rings. The first kappa shape index (κ1) is 20.0. The van der Waals surface area contributed by atoms with Crippen molar-refractivity contribution < 1.29 is 28.9 Å². The fourth-order valence-corrected chi connectivity index (χ4v) is 3.64. The summed E-state index contributed by atoms with van der Waals surface area (Å²) in [5.41, 5.74) is 1.62. The molecule has 27 heavy (non-hydrogen) atoms. The number of hydrogen-bond acceptors (Lipinski definition) is 6. The lowest BCUT2D eigenvalue weighted by Gasteiger charge is -2.42. The molecule has 6 nitrogen and oxygen atoms in total. The van der Waals surface area contributed by atoms with Gasteiger partial charge in [-0.3, -0.25) is 9.59 Å². The van der Waals surface area contributed by atoms with E-state index in [-0.39, 0.29) is 36.8 Å². The number of ether oxygens (including phenoxy) is 3. The van der Waals surface area contributed by atoms with E-state index < -0.39 is 29.9 Å². The molecule has 148 valence electrons. The fraction of sp³-hybridized carbons (Fsp3) is 0.619. The number of cyclic esters (lactones) is 1. The Hall–Kier alpha value is -1.76. The molecule has 0 aromatic rings. The fourth-order valence-electron chi connectivity index (χ4n) is 3.64. The Morgan fingerprint density at radius 3 is 2.70 bits per heavy atom. The van der Waals surface area contributed by atoms with Gasteiger partial charge in [-0.1, -0.05) is 38.2 Å². The molecular formula is C21H28O6. The van der Waals surface area contributed by atoms with E-state index in [0.29, 0.717) is 6.42 Å². The zero-order valence-corrected chi connectivity index (χ0v) is 16.1. The van der Waals surface area contributed by atoms with Gasteiger partial charge in [-0.15, -0.1) is 0 Å². The molecule has 3 aliphatic heterocycles. The van der Waals surface area contributed by atoms with E-state index in [1.165, 1.54) is 6.08 Å². The number of hydrogen-bond donors (Lipinski definition) is 1.